The molecule has 0 saturated carbocycles. The number of rotatable bonds is 8. The summed E-state index contributed by atoms with van der Waals surface area (Å²) >= 11 is 0. The lowest BCUT2D eigenvalue weighted by Gasteiger charge is -2.14. The highest BCUT2D eigenvalue weighted by Crippen LogP contribution is 2.14. The van der Waals surface area contributed by atoms with Crippen LogP contribution in [0.15, 0.2) is 29.3 Å². The van der Waals surface area contributed by atoms with Crippen molar-refractivity contribution in [1.82, 2.24) is 15.5 Å². The molecule has 0 aliphatic rings. The Kier molecular flexibility index (Phi) is 11.9. The third-order valence-corrected chi connectivity index (χ3v) is 2.90. The van der Waals surface area contributed by atoms with Gasteiger partial charge in [-0.2, -0.15) is 0 Å². The van der Waals surface area contributed by atoms with Crippen LogP contribution in [0.2, 0.25) is 0 Å². The number of guanidine groups is 1. The predicted molar refractivity (Wildman–Crippen MR) is 109 cm³/mol. The van der Waals surface area contributed by atoms with Gasteiger partial charge in [0.2, 0.25) is 0 Å². The van der Waals surface area contributed by atoms with Crippen LogP contribution in [0.4, 0.5) is 0 Å². The van der Waals surface area contributed by atoms with Crippen LogP contribution in [0.1, 0.15) is 26.3 Å². The topological polar surface area (TPSA) is 48.9 Å². The lowest BCUT2D eigenvalue weighted by molar-refractivity contribution is 0.261. The lowest BCUT2D eigenvalue weighted by Crippen LogP contribution is -2.40. The molecule has 0 aliphatic carbocycles. The fraction of sp³-hybridized carbons (Fsp3) is 0.588. The molecule has 5 nitrogen and oxygen atoms in total. The Labute approximate surface area is 157 Å². The minimum atomic E-state index is 0. The van der Waals surface area contributed by atoms with Gasteiger partial charge < -0.3 is 20.3 Å². The summed E-state index contributed by atoms with van der Waals surface area (Å²) in [5.41, 5.74) is 1.14. The lowest BCUT2D eigenvalue weighted by atomic mass is 10.2. The molecule has 1 aromatic carbocycles. The molecule has 0 aliphatic heterocycles. The molecule has 0 unspecified atom stereocenters. The fourth-order valence-electron chi connectivity index (χ4n) is 1.84. The number of nitrogens with one attached hydrogen (secondary N) is 2. The molecule has 2 N–H and O–H groups in total. The predicted octanol–water partition coefficient (Wildman–Crippen LogP) is 2.71. The van der Waals surface area contributed by atoms with Gasteiger partial charge in [-0.1, -0.05) is 12.1 Å². The van der Waals surface area contributed by atoms with E-state index >= 15 is 0 Å². The van der Waals surface area contributed by atoms with Crippen LogP contribution in [0.5, 0.6) is 5.75 Å². The highest BCUT2D eigenvalue weighted by atomic mass is 127. The van der Waals surface area contributed by atoms with E-state index in [0.717, 1.165) is 30.4 Å². The smallest absolute Gasteiger partial charge is 0.191 e. The minimum absolute atomic E-state index is 0. The van der Waals surface area contributed by atoms with E-state index in [-0.39, 0.29) is 24.0 Å². The molecular formula is C17H31IN4O. The number of hydrogen-bond acceptors (Lipinski definition) is 3. The van der Waals surface area contributed by atoms with Gasteiger partial charge in [0.05, 0.1) is 6.54 Å². The van der Waals surface area contributed by atoms with Crippen LogP contribution >= 0.6 is 24.0 Å². The van der Waals surface area contributed by atoms with Gasteiger partial charge >= 0.3 is 0 Å². The summed E-state index contributed by atoms with van der Waals surface area (Å²) in [6.45, 7) is 9.36. The van der Waals surface area contributed by atoms with E-state index < -0.39 is 0 Å². The number of ether oxygens (including phenoxy) is 1. The zero-order valence-corrected chi connectivity index (χ0v) is 17.3. The van der Waals surface area contributed by atoms with Crippen molar-refractivity contribution < 1.29 is 4.74 Å². The summed E-state index contributed by atoms with van der Waals surface area (Å²) in [7, 11) is 4.08. The van der Waals surface area contributed by atoms with Crippen molar-refractivity contribution in [2.24, 2.45) is 4.99 Å². The molecule has 0 bridgehead atoms. The molecule has 23 heavy (non-hydrogen) atoms. The maximum absolute atomic E-state index is 5.75. The van der Waals surface area contributed by atoms with Crippen molar-refractivity contribution >= 4 is 29.9 Å². The molecular weight excluding hydrogens is 403 g/mol. The summed E-state index contributed by atoms with van der Waals surface area (Å²) in [6, 6.07) is 8.48. The van der Waals surface area contributed by atoms with E-state index in [2.05, 4.69) is 53.4 Å². The first kappa shape index (κ1) is 22.0. The van der Waals surface area contributed by atoms with Crippen molar-refractivity contribution in [3.63, 3.8) is 0 Å². The Bertz CT molecular complexity index is 464. The molecule has 132 valence electrons. The second-order valence-electron chi connectivity index (χ2n) is 5.79. The number of nitrogens with zero attached hydrogens (tertiary/aromatic N) is 2. The Balaban J connectivity index is 0.00000484. The molecule has 0 atom stereocenters. The zero-order chi connectivity index (χ0) is 16.4. The van der Waals surface area contributed by atoms with Crippen molar-refractivity contribution in [3.8, 4) is 5.75 Å². The standard InChI is InChI=1S/C17H30N4O.HI/c1-6-18-17(20-14(2)3)19-13-15-8-7-9-16(12-15)22-11-10-21(4)5;/h7-9,12,14H,6,10-11,13H2,1-5H3,(H2,18,19,20);1H. The first-order chi connectivity index (χ1) is 10.5. The average Bonchev–Trinajstić information content (AvgIpc) is 2.44. The SMILES string of the molecule is CCNC(=NCc1cccc(OCCN(C)C)c1)NC(C)C.I. The Hall–Kier alpha value is -1.02. The van der Waals surface area contributed by atoms with Gasteiger partial charge in [-0.3, -0.25) is 0 Å². The molecule has 0 heterocycles. The van der Waals surface area contributed by atoms with E-state index in [9.17, 15) is 0 Å². The fourth-order valence-corrected chi connectivity index (χ4v) is 1.84. The van der Waals surface area contributed by atoms with Crippen LogP contribution in [0, 0.1) is 0 Å². The van der Waals surface area contributed by atoms with Gasteiger partial charge in [-0.25, -0.2) is 4.99 Å². The Morgan fingerprint density at radius 3 is 2.65 bits per heavy atom. The quantitative estimate of drug-likeness (QED) is 0.375. The van der Waals surface area contributed by atoms with Gasteiger partial charge in [-0.15, -0.1) is 24.0 Å². The zero-order valence-electron chi connectivity index (χ0n) is 14.9. The van der Waals surface area contributed by atoms with Gasteiger partial charge in [0, 0.05) is 19.1 Å². The van der Waals surface area contributed by atoms with E-state index in [4.69, 9.17) is 4.74 Å². The van der Waals surface area contributed by atoms with E-state index in [1.807, 2.05) is 26.2 Å². The van der Waals surface area contributed by atoms with Crippen LogP contribution < -0.4 is 15.4 Å². The molecule has 0 radical (unpaired) electrons. The van der Waals surface area contributed by atoms with Gasteiger partial charge in [0.15, 0.2) is 5.96 Å². The first-order valence-corrected chi connectivity index (χ1v) is 7.92. The highest BCUT2D eigenvalue weighted by Gasteiger charge is 2.01. The third-order valence-electron chi connectivity index (χ3n) is 2.90. The minimum Gasteiger partial charge on any atom is -0.492 e. The van der Waals surface area contributed by atoms with E-state index in [1.54, 1.807) is 0 Å². The molecule has 6 heteroatoms. The second-order valence-corrected chi connectivity index (χ2v) is 5.79. The summed E-state index contributed by atoms with van der Waals surface area (Å²) in [5, 5.41) is 6.56. The van der Waals surface area contributed by atoms with Crippen LogP contribution in [0.3, 0.4) is 0 Å². The monoisotopic (exact) mass is 434 g/mol. The van der Waals surface area contributed by atoms with Gasteiger partial charge in [0.25, 0.3) is 0 Å². The number of hydrogen-bond donors (Lipinski definition) is 2. The van der Waals surface area contributed by atoms with Gasteiger partial charge in [-0.05, 0) is 52.6 Å². The van der Waals surface area contributed by atoms with Crippen molar-refractivity contribution in [2.45, 2.75) is 33.4 Å². The average molecular weight is 434 g/mol. The second kappa shape index (κ2) is 12.4. The number of halogens is 1. The van der Waals surface area contributed by atoms with Crippen LogP contribution in [-0.4, -0.2) is 50.7 Å². The van der Waals surface area contributed by atoms with Crippen LogP contribution in [0.25, 0.3) is 0 Å². The Morgan fingerprint density at radius 2 is 2.04 bits per heavy atom. The van der Waals surface area contributed by atoms with E-state index in [0.29, 0.717) is 19.2 Å². The number of aliphatic imine (C=N–C) groups is 1. The van der Waals surface area contributed by atoms with Crippen LogP contribution in [-0.2, 0) is 6.54 Å². The largest absolute Gasteiger partial charge is 0.492 e. The molecule has 0 aromatic heterocycles. The third kappa shape index (κ3) is 10.4. The molecule has 0 amide bonds. The number of likely N-dealkylation sites (N-methyl/N-ethyl adjacent to an activating group) is 1. The summed E-state index contributed by atoms with van der Waals surface area (Å²) in [6.07, 6.45) is 0. The van der Waals surface area contributed by atoms with Crippen molar-refractivity contribution in [1.29, 1.82) is 0 Å². The molecule has 0 fully saturated rings. The first-order valence-electron chi connectivity index (χ1n) is 7.92. The van der Waals surface area contributed by atoms with E-state index in [1.165, 1.54) is 0 Å². The van der Waals surface area contributed by atoms with Crippen molar-refractivity contribution in [3.05, 3.63) is 29.8 Å². The number of benzene rings is 1. The maximum atomic E-state index is 5.75. The van der Waals surface area contributed by atoms with Crippen molar-refractivity contribution in [2.75, 3.05) is 33.8 Å². The normalized spacial score (nSPS) is 11.3. The van der Waals surface area contributed by atoms with Gasteiger partial charge in [0.1, 0.15) is 12.4 Å². The summed E-state index contributed by atoms with van der Waals surface area (Å²) in [4.78, 5) is 6.71. The Morgan fingerprint density at radius 1 is 1.30 bits per heavy atom. The summed E-state index contributed by atoms with van der Waals surface area (Å²) < 4.78 is 5.75. The molecule has 1 aromatic rings. The molecule has 0 spiro atoms. The maximum Gasteiger partial charge on any atom is 0.191 e. The highest BCUT2D eigenvalue weighted by molar-refractivity contribution is 14.0. The molecule has 0 saturated heterocycles. The summed E-state index contributed by atoms with van der Waals surface area (Å²) in [5.74, 6) is 1.74. The molecule has 1 rings (SSSR count).